The second kappa shape index (κ2) is 9.63. The van der Waals surface area contributed by atoms with Crippen molar-refractivity contribution < 1.29 is 19.4 Å². The van der Waals surface area contributed by atoms with E-state index in [2.05, 4.69) is 4.90 Å². The Balaban J connectivity index is 0.00000225. The van der Waals surface area contributed by atoms with Gasteiger partial charge in [0.15, 0.2) is 0 Å². The highest BCUT2D eigenvalue weighted by Crippen LogP contribution is 2.60. The molecule has 5 rings (SSSR count). The lowest BCUT2D eigenvalue weighted by Gasteiger charge is -2.56. The molecule has 1 N–H and O–H groups in total. The molecular formula is C22H38ClNO4. The third-order valence-corrected chi connectivity index (χ3v) is 7.48. The Morgan fingerprint density at radius 3 is 2.43 bits per heavy atom. The number of piperidine rings is 1. The lowest BCUT2D eigenvalue weighted by Crippen LogP contribution is -2.48. The number of rotatable bonds is 8. The van der Waals surface area contributed by atoms with Crippen molar-refractivity contribution in [3.8, 4) is 0 Å². The van der Waals surface area contributed by atoms with Crippen LogP contribution in [0.25, 0.3) is 0 Å². The predicted octanol–water partition coefficient (Wildman–Crippen LogP) is 3.28. The van der Waals surface area contributed by atoms with E-state index in [0.717, 1.165) is 43.7 Å². The number of carbonyl (C=O) groups is 1. The van der Waals surface area contributed by atoms with Crippen LogP contribution in [-0.2, 0) is 14.3 Å². The molecule has 2 unspecified atom stereocenters. The molecule has 162 valence electrons. The Bertz CT molecular complexity index is 493. The van der Waals surface area contributed by atoms with E-state index in [9.17, 15) is 9.90 Å². The molecule has 1 aliphatic heterocycles. The topological polar surface area (TPSA) is 59.0 Å². The highest BCUT2D eigenvalue weighted by molar-refractivity contribution is 5.85. The minimum absolute atomic E-state index is 0. The van der Waals surface area contributed by atoms with Gasteiger partial charge in [0.25, 0.3) is 0 Å². The number of halogens is 1. The highest BCUT2D eigenvalue weighted by atomic mass is 35.5. The molecule has 5 nitrogen and oxygen atoms in total. The minimum Gasteiger partial charge on any atom is -0.466 e. The van der Waals surface area contributed by atoms with Gasteiger partial charge in [0, 0.05) is 13.1 Å². The Hall–Kier alpha value is -0.360. The van der Waals surface area contributed by atoms with E-state index < -0.39 is 6.10 Å². The summed E-state index contributed by atoms with van der Waals surface area (Å²) in [5, 5.41) is 10.5. The first kappa shape index (κ1) is 22.3. The van der Waals surface area contributed by atoms with Crippen molar-refractivity contribution in [3.63, 3.8) is 0 Å². The first-order chi connectivity index (χ1) is 13.0. The number of ether oxygens (including phenoxy) is 2. The molecule has 2 atom stereocenters. The van der Waals surface area contributed by atoms with Gasteiger partial charge in [0.05, 0.1) is 31.8 Å². The fraction of sp³-hybridized carbons (Fsp3) is 0.955. The minimum atomic E-state index is -0.472. The Morgan fingerprint density at radius 1 is 1.18 bits per heavy atom. The van der Waals surface area contributed by atoms with Gasteiger partial charge in [-0.3, -0.25) is 9.69 Å². The van der Waals surface area contributed by atoms with Crippen LogP contribution < -0.4 is 0 Å². The molecule has 4 bridgehead atoms. The fourth-order valence-electron chi connectivity index (χ4n) is 6.90. The molecule has 4 saturated carbocycles. The van der Waals surface area contributed by atoms with Gasteiger partial charge in [0.2, 0.25) is 0 Å². The molecule has 4 aliphatic carbocycles. The quantitative estimate of drug-likeness (QED) is 0.616. The van der Waals surface area contributed by atoms with Gasteiger partial charge in [-0.15, -0.1) is 12.4 Å². The molecule has 0 amide bonds. The summed E-state index contributed by atoms with van der Waals surface area (Å²) in [6.45, 7) is 5.78. The van der Waals surface area contributed by atoms with Gasteiger partial charge in [-0.2, -0.15) is 0 Å². The van der Waals surface area contributed by atoms with Gasteiger partial charge in [-0.1, -0.05) is 0 Å². The molecule has 0 aromatic carbocycles. The van der Waals surface area contributed by atoms with Crippen molar-refractivity contribution in [1.29, 1.82) is 0 Å². The van der Waals surface area contributed by atoms with Crippen LogP contribution in [0.5, 0.6) is 0 Å². The van der Waals surface area contributed by atoms with Gasteiger partial charge < -0.3 is 14.6 Å². The summed E-state index contributed by atoms with van der Waals surface area (Å²) in [7, 11) is 0. The lowest BCUT2D eigenvalue weighted by atomic mass is 9.50. The van der Waals surface area contributed by atoms with E-state index >= 15 is 0 Å². The molecule has 0 aromatic heterocycles. The number of hydrogen-bond donors (Lipinski definition) is 1. The average molecular weight is 416 g/mol. The number of β-amino-alcohol motifs (C(OH)–C–C–N with tert-alkyl or cyclic N) is 1. The standard InChI is InChI=1S/C22H37NO4.ClH/c1-2-27-21(25)19-4-3-5-23(12-19)13-20(24)14-26-15-22-9-16-6-17(10-22)8-18(7-16)11-22;/h16-20,24H,2-15H2,1H3;1H. The maximum absolute atomic E-state index is 12.0. The molecule has 5 fully saturated rings. The van der Waals surface area contributed by atoms with Crippen LogP contribution in [0.3, 0.4) is 0 Å². The van der Waals surface area contributed by atoms with Gasteiger partial charge in [0.1, 0.15) is 0 Å². The number of aliphatic hydroxyl groups is 1. The SMILES string of the molecule is CCOC(=O)C1CCCN(CC(O)COCC23CC4CC(CC(C4)C2)C3)C1.Cl. The number of hydrogen-bond acceptors (Lipinski definition) is 5. The van der Waals surface area contributed by atoms with E-state index in [-0.39, 0.29) is 24.3 Å². The van der Waals surface area contributed by atoms with Gasteiger partial charge in [-0.25, -0.2) is 0 Å². The summed E-state index contributed by atoms with van der Waals surface area (Å²) in [4.78, 5) is 14.2. The predicted molar refractivity (Wildman–Crippen MR) is 110 cm³/mol. The molecule has 1 saturated heterocycles. The van der Waals surface area contributed by atoms with Crippen molar-refractivity contribution in [2.75, 3.05) is 39.5 Å². The first-order valence-electron chi connectivity index (χ1n) is 11.2. The lowest BCUT2D eigenvalue weighted by molar-refractivity contribution is -0.150. The smallest absolute Gasteiger partial charge is 0.310 e. The van der Waals surface area contributed by atoms with Crippen LogP contribution >= 0.6 is 12.4 Å². The van der Waals surface area contributed by atoms with Crippen molar-refractivity contribution >= 4 is 18.4 Å². The zero-order valence-electron chi connectivity index (χ0n) is 17.3. The monoisotopic (exact) mass is 415 g/mol. The third-order valence-electron chi connectivity index (χ3n) is 7.48. The summed E-state index contributed by atoms with van der Waals surface area (Å²) >= 11 is 0. The zero-order valence-corrected chi connectivity index (χ0v) is 18.1. The van der Waals surface area contributed by atoms with Crippen LogP contribution in [0.4, 0.5) is 0 Å². The van der Waals surface area contributed by atoms with Crippen molar-refractivity contribution in [1.82, 2.24) is 4.90 Å². The average Bonchev–Trinajstić information content (AvgIpc) is 2.61. The van der Waals surface area contributed by atoms with Crippen LogP contribution in [-0.4, -0.2) is 61.5 Å². The van der Waals surface area contributed by atoms with Crippen LogP contribution in [0.1, 0.15) is 58.3 Å². The molecule has 0 radical (unpaired) electrons. The second-order valence-electron chi connectivity index (χ2n) is 9.94. The van der Waals surface area contributed by atoms with Crippen LogP contribution in [0.15, 0.2) is 0 Å². The number of carbonyl (C=O) groups excluding carboxylic acids is 1. The van der Waals surface area contributed by atoms with E-state index in [0.29, 0.717) is 31.7 Å². The fourth-order valence-corrected chi connectivity index (χ4v) is 6.90. The number of esters is 1. The summed E-state index contributed by atoms with van der Waals surface area (Å²) in [5.41, 5.74) is 0.411. The van der Waals surface area contributed by atoms with E-state index in [1.54, 1.807) is 0 Å². The van der Waals surface area contributed by atoms with Crippen molar-refractivity contribution in [2.24, 2.45) is 29.1 Å². The van der Waals surface area contributed by atoms with Crippen LogP contribution in [0.2, 0.25) is 0 Å². The molecule has 1 heterocycles. The zero-order chi connectivity index (χ0) is 18.9. The maximum atomic E-state index is 12.0. The summed E-state index contributed by atoms with van der Waals surface area (Å²) in [5.74, 6) is 2.70. The first-order valence-corrected chi connectivity index (χ1v) is 11.2. The molecular weight excluding hydrogens is 378 g/mol. The van der Waals surface area contributed by atoms with Crippen molar-refractivity contribution in [3.05, 3.63) is 0 Å². The molecule has 0 spiro atoms. The molecule has 5 aliphatic rings. The maximum Gasteiger partial charge on any atom is 0.310 e. The van der Waals surface area contributed by atoms with Gasteiger partial charge in [-0.05, 0) is 88.0 Å². The van der Waals surface area contributed by atoms with E-state index in [1.165, 1.54) is 38.5 Å². The van der Waals surface area contributed by atoms with Crippen LogP contribution in [0, 0.1) is 29.1 Å². The third kappa shape index (κ3) is 5.21. The van der Waals surface area contributed by atoms with Gasteiger partial charge >= 0.3 is 5.97 Å². The largest absolute Gasteiger partial charge is 0.466 e. The number of aliphatic hydroxyl groups excluding tert-OH is 1. The second-order valence-corrected chi connectivity index (χ2v) is 9.94. The van der Waals surface area contributed by atoms with Crippen molar-refractivity contribution in [2.45, 2.75) is 64.4 Å². The Labute approximate surface area is 175 Å². The summed E-state index contributed by atoms with van der Waals surface area (Å²) in [6, 6.07) is 0. The number of likely N-dealkylation sites (tertiary alicyclic amines) is 1. The molecule has 6 heteroatoms. The molecule has 0 aromatic rings. The summed E-state index contributed by atoms with van der Waals surface area (Å²) in [6.07, 6.45) is 9.83. The summed E-state index contributed by atoms with van der Waals surface area (Å²) < 4.78 is 11.2. The normalized spacial score (nSPS) is 38.1. The Kier molecular flexibility index (Phi) is 7.68. The van der Waals surface area contributed by atoms with E-state index in [1.807, 2.05) is 6.92 Å². The van der Waals surface area contributed by atoms with E-state index in [4.69, 9.17) is 9.47 Å². The molecule has 28 heavy (non-hydrogen) atoms. The Morgan fingerprint density at radius 2 is 1.82 bits per heavy atom. The highest BCUT2D eigenvalue weighted by Gasteiger charge is 2.50. The number of nitrogens with zero attached hydrogens (tertiary/aromatic N) is 1.